The lowest BCUT2D eigenvalue weighted by molar-refractivity contribution is -0.121. The van der Waals surface area contributed by atoms with Crippen LogP contribution in [0.1, 0.15) is 48.5 Å². The van der Waals surface area contributed by atoms with Crippen molar-refractivity contribution in [1.82, 2.24) is 87.4 Å². The van der Waals surface area contributed by atoms with E-state index in [1.165, 1.54) is 20.0 Å². The lowest BCUT2D eigenvalue weighted by atomic mass is 10.1. The molecule has 20 atom stereocenters. The van der Waals surface area contributed by atoms with Crippen molar-refractivity contribution in [2.24, 2.45) is 5.90 Å². The second kappa shape index (κ2) is 48.7. The maximum absolute atomic E-state index is 14.3. The average Bonchev–Trinajstić information content (AvgIpc) is 1.61. The zero-order valence-corrected chi connectivity index (χ0v) is 78.8. The minimum absolute atomic E-state index is 0. The molecule has 13 aromatic rings. The highest BCUT2D eigenvalue weighted by molar-refractivity contribution is 9.10. The van der Waals surface area contributed by atoms with Crippen LogP contribution in [-0.4, -0.2) is 298 Å². The van der Waals surface area contributed by atoms with Crippen LogP contribution in [0.25, 0.3) is 44.7 Å². The third kappa shape index (κ3) is 23.3. The molecule has 0 bridgehead atoms. The number of aromatic nitrogens is 18. The van der Waals surface area contributed by atoms with E-state index in [4.69, 9.17) is 111 Å². The van der Waals surface area contributed by atoms with Crippen LogP contribution in [-0.2, 0) is 57.3 Å². The monoisotopic (exact) mass is 2180 g/mol. The molecule has 5 saturated heterocycles. The number of fused-ring (bicyclic) bond motifs is 5. The zero-order valence-electron chi connectivity index (χ0n) is 74.7. The molecule has 0 unspecified atom stereocenters. The number of anilines is 6. The van der Waals surface area contributed by atoms with Gasteiger partial charge in [0, 0.05) is 17.2 Å². The summed E-state index contributed by atoms with van der Waals surface area (Å²) in [4.78, 5) is 116. The maximum atomic E-state index is 14.3. The Hall–Kier alpha value is -13.5. The molecule has 6 aliphatic rings. The first kappa shape index (κ1) is 111. The molecule has 0 aliphatic carbocycles. The largest absolute Gasteiger partial charge is 0.460 e. The topological polar surface area (TPSA) is 852 Å². The number of nitrogens with two attached hydrogens (primary N) is 8. The first-order chi connectivity index (χ1) is 68.3. The van der Waals surface area contributed by atoms with Crippen LogP contribution in [0.2, 0.25) is 0 Å². The van der Waals surface area contributed by atoms with E-state index in [1.807, 2.05) is 97.1 Å². The van der Waals surface area contributed by atoms with Gasteiger partial charge < -0.3 is 135 Å². The number of nitrogens with zero attached hydrogens (tertiary/aromatic N) is 16. The Labute approximate surface area is 821 Å². The summed E-state index contributed by atoms with van der Waals surface area (Å²) in [6.07, 6.45) is -24.0. The Morgan fingerprint density at radius 1 is 0.479 bits per heavy atom. The predicted molar refractivity (Wildman–Crippen MR) is 506 cm³/mol. The highest BCUT2D eigenvalue weighted by Gasteiger charge is 2.54. The number of aromatic amines is 3. The number of H-pyrrole nitrogens is 3. The fourth-order valence-corrected chi connectivity index (χ4v) is 17.1. The van der Waals surface area contributed by atoms with Gasteiger partial charge in [-0.25, -0.2) is 51.6 Å². The Kier molecular flexibility index (Phi) is 37.5. The number of ether oxygens (including phenoxy) is 7. The third-order valence-corrected chi connectivity index (χ3v) is 24.9. The number of alkyl halides is 6. The minimum Gasteiger partial charge on any atom is -0.460 e. The van der Waals surface area contributed by atoms with Crippen LogP contribution in [0.3, 0.4) is 0 Å². The number of amides is 1. The van der Waals surface area contributed by atoms with Gasteiger partial charge in [0.15, 0.2) is 117 Å². The maximum Gasteiger partial charge on any atom is 0.301 e. The van der Waals surface area contributed by atoms with Gasteiger partial charge >= 0.3 is 17.6 Å². The molecule has 6 aliphatic heterocycles. The molecule has 15 heterocycles. The molecule has 0 saturated carbocycles. The summed E-state index contributed by atoms with van der Waals surface area (Å²) in [5.41, 5.74) is 25.8. The van der Waals surface area contributed by atoms with Crippen LogP contribution in [0.5, 0.6) is 12.0 Å². The van der Waals surface area contributed by atoms with E-state index in [2.05, 4.69) is 97.6 Å². The minimum atomic E-state index is -3.13. The quantitative estimate of drug-likeness (QED) is 0.00686. The van der Waals surface area contributed by atoms with Gasteiger partial charge in [0.2, 0.25) is 35.6 Å². The number of aliphatic hydroxyl groups excluding tert-OH is 11. The number of benzene rings is 4. The molecule has 32 N–H and O–H groups in total. The number of rotatable bonds is 19. The van der Waals surface area contributed by atoms with E-state index in [0.717, 1.165) is 20.6 Å². The predicted octanol–water partition coefficient (Wildman–Crippen LogP) is -4.89. The normalized spacial score (nSPS) is 24.4. The summed E-state index contributed by atoms with van der Waals surface area (Å²) in [5, 5.41) is 105. The number of carbonyl (C=O) groups excluding carboxylic acids is 1. The number of hydrogen-bond donors (Lipinski definition) is 22. The van der Waals surface area contributed by atoms with Crippen molar-refractivity contribution in [3.05, 3.63) is 201 Å². The van der Waals surface area contributed by atoms with E-state index in [9.17, 15) is 91.0 Å². The number of aliphatic hydroxyl groups is 11. The van der Waals surface area contributed by atoms with E-state index in [0.29, 0.717) is 25.3 Å². The molecule has 5 fully saturated rings. The molecule has 144 heavy (non-hydrogen) atoms. The smallest absolute Gasteiger partial charge is 0.301 e. The SMILES string of the molecule is C#CCBr.CCO.NOP(=O)(c1ccccc1)c1ccccc1.Nc1nc2c(c(=O)n1N)CC(=O)N2[C@@H]1O[C@H](CO)[C@@H](F)[C@H]1O.Nc1nc2c(nc(Br)n2[C@@H]2O[C@H](CO)[C@@H](F)[C@H]2O)c(=O)[nH]1.Nc1nc2c(nc(OCc3ccccc3)n2[C@@H]2O[C@H](CO)[C@@H](F)[C@H]2O)c(=O)[nH]1.Nc1nc2c(nc(OCc3ccccc3)n2[C@@H]2O[C@H](CO)[C@@H](F)[C@H]2O)c(=O)n1N.Nc1nc2c(ncn2[C@@H]2O[C@H](CO)[C@@H](F)[C@H]2O)c(=O)[nH]1.O. The summed E-state index contributed by atoms with van der Waals surface area (Å²) in [6.45, 7) is -0.995. The zero-order chi connectivity index (χ0) is 104. The number of imidazole rings is 4. The van der Waals surface area contributed by atoms with Gasteiger partial charge in [0.1, 0.15) is 74.3 Å². The second-order valence-corrected chi connectivity index (χ2v) is 34.6. The highest BCUT2D eigenvalue weighted by Crippen LogP contribution is 2.44. The van der Waals surface area contributed by atoms with Crippen LogP contribution in [0.4, 0.5) is 57.5 Å². The lowest BCUT2D eigenvalue weighted by Crippen LogP contribution is -2.46. The van der Waals surface area contributed by atoms with Crippen molar-refractivity contribution < 1.29 is 131 Å². The van der Waals surface area contributed by atoms with Crippen LogP contribution in [0.15, 0.2) is 156 Å². The Morgan fingerprint density at radius 2 is 0.812 bits per heavy atom. The van der Waals surface area contributed by atoms with Crippen molar-refractivity contribution in [3.8, 4) is 24.4 Å². The van der Waals surface area contributed by atoms with Crippen LogP contribution in [0, 0.1) is 12.3 Å². The fraction of sp³-hybridized carbons (Fsp3) is 0.378. The van der Waals surface area contributed by atoms with Gasteiger partial charge in [-0.2, -0.15) is 44.2 Å². The van der Waals surface area contributed by atoms with Crippen molar-refractivity contribution in [3.63, 3.8) is 0 Å². The molecule has 19 rings (SSSR count). The van der Waals surface area contributed by atoms with Crippen LogP contribution >= 0.6 is 39.2 Å². The second-order valence-electron chi connectivity index (χ2n) is 31.0. The van der Waals surface area contributed by atoms with Gasteiger partial charge in [-0.05, 0) is 58.2 Å². The molecule has 4 aromatic carbocycles. The number of carbonyl (C=O) groups is 1. The summed E-state index contributed by atoms with van der Waals surface area (Å²) in [6, 6.07) is 36.0. The van der Waals surface area contributed by atoms with Crippen molar-refractivity contribution in [2.45, 2.75) is 150 Å². The van der Waals surface area contributed by atoms with Gasteiger partial charge in [-0.15, -0.1) is 6.42 Å². The summed E-state index contributed by atoms with van der Waals surface area (Å²) in [5.74, 6) is 16.7. The first-order valence-electron chi connectivity index (χ1n) is 42.3. The standard InChI is InChI=1S/C17H19FN6O5.C17H18FN5O5.C12H12NO2P.C11H14FN5O5.C10H11BrFN5O4.C10H12FN5O4.C3H3Br.C2H6O.H2O/c18-10-9(6-25)29-15(12(10)26)23-13-11(14(27)24(20)16(19)22-13)21-17(23)28-7-8-4-2-1-3-5-8;18-10-9(6-24)28-15(12(10)25)23-13-11(14(26)22-16(19)21-13)20-17(23)27-7-8-4-2-1-3-5-8;13-15-16(14,11-7-3-1-4-8-11)12-9-5-2-6-10-12;12-6-4(2-18)22-10(7(6)20)16-5(19)1-3-8(16)15-11(13)17(14)9(3)21;11-9-14-4-6(15-10(13)16-7(4)20)17(9)8-5(19)3(12)2(1-18)21-8;11-4-3(1-17)20-9(6(4)18)16-2-13-5-7(16)14-10(12)15-8(5)19;1-2-3-4;1-2-3;/h1-5,9-10,12,15,25-26H,6-7,20H2,(H2,19,22);1-5,9-10,12,15,24-25H,6-7H2,(H3,19,21,22,26);1-10H,13H2;4,6-7,10,18,20H,1-2,14H2,(H2,13,15);2-3,5,8,18-19H,1H2,(H3,13,15,16,20);2-4,6,9,17-18H,1H2,(H3,12,14,15,19);1H,3H2;3H,2H2,1H3;1H2/t2*9-,10-,12-,15-;;4-,6-,7-,10-;2-,3-,5-,8-;3-,4-,6-,9-;;;/m11.111.../s1. The Morgan fingerprint density at radius 3 is 1.22 bits per heavy atom. The molecular formula is C82H97Br2F5N27O27P. The molecule has 54 nitrogen and oxygen atoms in total. The van der Waals surface area contributed by atoms with Gasteiger partial charge in [0.25, 0.3) is 29.6 Å². The number of nitrogens with one attached hydrogen (secondary N) is 3. The Bertz CT molecular complexity index is 6950. The molecule has 0 radical (unpaired) electrons. The van der Waals surface area contributed by atoms with E-state index in [-0.39, 0.29) is 134 Å². The average molecular weight is 2180 g/mol. The number of nitrogen functional groups attached to an aromatic ring is 7. The van der Waals surface area contributed by atoms with E-state index >= 15 is 0 Å². The van der Waals surface area contributed by atoms with Crippen molar-refractivity contribution in [1.29, 1.82) is 0 Å². The molecule has 0 spiro atoms. The van der Waals surface area contributed by atoms with Gasteiger partial charge in [-0.1, -0.05) is 119 Å². The highest BCUT2D eigenvalue weighted by atomic mass is 79.9. The van der Waals surface area contributed by atoms with Gasteiger partial charge in [0.05, 0.1) is 56.7 Å². The number of terminal acetylenes is 1. The first-order valence-corrected chi connectivity index (χ1v) is 45.8. The summed E-state index contributed by atoms with van der Waals surface area (Å²) >= 11 is 6.12. The van der Waals surface area contributed by atoms with Gasteiger partial charge in [-0.3, -0.25) is 62.3 Å². The third-order valence-electron chi connectivity index (χ3n) is 21.8. The van der Waals surface area contributed by atoms with Crippen molar-refractivity contribution in [2.75, 3.05) is 90.2 Å². The van der Waals surface area contributed by atoms with E-state index in [1.54, 1.807) is 31.2 Å². The summed E-state index contributed by atoms with van der Waals surface area (Å²) in [7, 11) is -3.13. The lowest BCUT2D eigenvalue weighted by Gasteiger charge is -2.25. The summed E-state index contributed by atoms with van der Waals surface area (Å²) < 4.78 is 131. The molecular weight excluding hydrogens is 2080 g/mol. The van der Waals surface area contributed by atoms with Crippen LogP contribution < -0.4 is 99.0 Å². The number of hydrogen-bond acceptors (Lipinski definition) is 43. The Balaban J connectivity index is 0.000000164. The van der Waals surface area contributed by atoms with E-state index < -0.39 is 197 Å². The number of halogens is 7. The molecule has 62 heteroatoms. The molecule has 9 aromatic heterocycles. The molecule has 776 valence electrons. The fourth-order valence-electron chi connectivity index (χ4n) is 14.9. The van der Waals surface area contributed by atoms with Crippen molar-refractivity contribution >= 4 is 136 Å². The molecule has 1 amide bonds.